The van der Waals surface area contributed by atoms with Gasteiger partial charge in [0.15, 0.2) is 0 Å². The van der Waals surface area contributed by atoms with Crippen LogP contribution in [-0.4, -0.2) is 18.2 Å². The Morgan fingerprint density at radius 2 is 1.90 bits per heavy atom. The third-order valence-electron chi connectivity index (χ3n) is 2.79. The summed E-state index contributed by atoms with van der Waals surface area (Å²) in [7, 11) is 1.57. The molecule has 0 aliphatic heterocycles. The summed E-state index contributed by atoms with van der Waals surface area (Å²) >= 11 is 5.81. The molecular weight excluding hydrogens is 276 g/mol. The number of methoxy groups -OCH3 is 1. The van der Waals surface area contributed by atoms with Crippen molar-refractivity contribution >= 4 is 29.2 Å². The molecule has 0 aromatic heterocycles. The van der Waals surface area contributed by atoms with Crippen LogP contribution in [0.3, 0.4) is 0 Å². The van der Waals surface area contributed by atoms with Crippen LogP contribution >= 0.6 is 11.6 Å². The Kier molecular flexibility index (Phi) is 4.43. The van der Waals surface area contributed by atoms with Crippen LogP contribution in [0, 0.1) is 0 Å². The Morgan fingerprint density at radius 3 is 2.50 bits per heavy atom. The number of carboxylic acid groups (broad SMARTS) is 1. The van der Waals surface area contributed by atoms with E-state index in [1.54, 1.807) is 49.6 Å². The number of carboxylic acids is 1. The quantitative estimate of drug-likeness (QED) is 0.684. The van der Waals surface area contributed by atoms with Crippen LogP contribution in [0.5, 0.6) is 5.75 Å². The molecule has 0 saturated carbocycles. The summed E-state index contributed by atoms with van der Waals surface area (Å²) in [6.07, 6.45) is 1.61. The van der Waals surface area contributed by atoms with E-state index < -0.39 is 5.97 Å². The molecule has 0 heterocycles. The lowest BCUT2D eigenvalue weighted by atomic mass is 10.0. The van der Waals surface area contributed by atoms with Crippen LogP contribution in [0.1, 0.15) is 11.1 Å². The van der Waals surface area contributed by atoms with E-state index in [0.717, 1.165) is 5.56 Å². The molecule has 0 aliphatic carbocycles. The average Bonchev–Trinajstić information content (AvgIpc) is 2.46. The van der Waals surface area contributed by atoms with Gasteiger partial charge in [-0.15, -0.1) is 0 Å². The van der Waals surface area contributed by atoms with E-state index in [4.69, 9.17) is 16.3 Å². The fraction of sp³-hybridized carbons (Fsp3) is 0.0625. The van der Waals surface area contributed by atoms with Crippen molar-refractivity contribution in [2.75, 3.05) is 7.11 Å². The molecule has 0 saturated heterocycles. The molecule has 0 radical (unpaired) electrons. The minimum Gasteiger partial charge on any atom is -0.497 e. The standard InChI is InChI=1S/C16H13ClO3/c1-20-14-4-2-3-11(9-14)10-15(16(18)19)12-5-7-13(17)8-6-12/h2-10H,1H3,(H,18,19)/b15-10-. The van der Waals surface area contributed by atoms with Crippen LogP contribution in [0.2, 0.25) is 5.02 Å². The molecule has 3 nitrogen and oxygen atoms in total. The van der Waals surface area contributed by atoms with E-state index in [1.165, 1.54) is 0 Å². The second-order valence-electron chi connectivity index (χ2n) is 4.15. The van der Waals surface area contributed by atoms with Crippen molar-refractivity contribution in [1.29, 1.82) is 0 Å². The van der Waals surface area contributed by atoms with Gasteiger partial charge in [0.05, 0.1) is 12.7 Å². The minimum atomic E-state index is -0.991. The van der Waals surface area contributed by atoms with Gasteiger partial charge in [-0.3, -0.25) is 0 Å². The highest BCUT2D eigenvalue weighted by atomic mass is 35.5. The highest BCUT2D eigenvalue weighted by Crippen LogP contribution is 2.22. The molecule has 0 bridgehead atoms. The number of hydrogen-bond donors (Lipinski definition) is 1. The summed E-state index contributed by atoms with van der Waals surface area (Å²) in [4.78, 5) is 11.4. The van der Waals surface area contributed by atoms with Crippen LogP contribution < -0.4 is 4.74 Å². The Morgan fingerprint density at radius 1 is 1.20 bits per heavy atom. The van der Waals surface area contributed by atoms with Gasteiger partial charge in [-0.25, -0.2) is 4.79 Å². The molecule has 4 heteroatoms. The van der Waals surface area contributed by atoms with Crippen molar-refractivity contribution in [1.82, 2.24) is 0 Å². The summed E-state index contributed by atoms with van der Waals surface area (Å²) in [5.74, 6) is -0.310. The SMILES string of the molecule is COc1cccc(/C=C(\C(=O)O)c2ccc(Cl)cc2)c1. The largest absolute Gasteiger partial charge is 0.497 e. The Bertz CT molecular complexity index is 645. The number of carbonyl (C=O) groups is 1. The highest BCUT2D eigenvalue weighted by molar-refractivity contribution is 6.30. The van der Waals surface area contributed by atoms with Gasteiger partial charge in [0.25, 0.3) is 0 Å². The highest BCUT2D eigenvalue weighted by Gasteiger charge is 2.10. The van der Waals surface area contributed by atoms with Crippen molar-refractivity contribution in [3.05, 3.63) is 64.7 Å². The lowest BCUT2D eigenvalue weighted by Gasteiger charge is -2.05. The van der Waals surface area contributed by atoms with E-state index in [1.807, 2.05) is 12.1 Å². The third-order valence-corrected chi connectivity index (χ3v) is 3.04. The molecule has 2 rings (SSSR count). The number of halogens is 1. The van der Waals surface area contributed by atoms with Gasteiger partial charge in [-0.2, -0.15) is 0 Å². The monoisotopic (exact) mass is 288 g/mol. The second-order valence-corrected chi connectivity index (χ2v) is 4.58. The molecule has 1 N–H and O–H groups in total. The van der Waals surface area contributed by atoms with Crippen LogP contribution in [0.4, 0.5) is 0 Å². The molecule has 0 fully saturated rings. The molecule has 0 atom stereocenters. The second kappa shape index (κ2) is 6.26. The zero-order chi connectivity index (χ0) is 14.5. The molecular formula is C16H13ClO3. The normalized spacial score (nSPS) is 11.2. The van der Waals surface area contributed by atoms with Crippen molar-refractivity contribution in [3.63, 3.8) is 0 Å². The summed E-state index contributed by atoms with van der Waals surface area (Å²) in [5.41, 5.74) is 1.57. The predicted octanol–water partition coefficient (Wildman–Crippen LogP) is 3.97. The zero-order valence-corrected chi connectivity index (χ0v) is 11.6. The number of ether oxygens (including phenoxy) is 1. The van der Waals surface area contributed by atoms with Gasteiger partial charge < -0.3 is 9.84 Å². The summed E-state index contributed by atoms with van der Waals surface area (Å²) in [6, 6.07) is 13.9. The Hall–Kier alpha value is -2.26. The molecule has 2 aromatic carbocycles. The summed E-state index contributed by atoms with van der Waals surface area (Å²) in [5, 5.41) is 9.92. The molecule has 0 unspecified atom stereocenters. The number of hydrogen-bond acceptors (Lipinski definition) is 2. The first-order chi connectivity index (χ1) is 9.60. The lowest BCUT2D eigenvalue weighted by molar-refractivity contribution is -0.130. The molecule has 0 aliphatic rings. The van der Waals surface area contributed by atoms with Crippen molar-refractivity contribution < 1.29 is 14.6 Å². The van der Waals surface area contributed by atoms with E-state index in [0.29, 0.717) is 16.3 Å². The number of aliphatic carboxylic acids is 1. The maximum atomic E-state index is 11.4. The van der Waals surface area contributed by atoms with Crippen LogP contribution in [0.25, 0.3) is 11.6 Å². The Labute approximate surface area is 122 Å². The first-order valence-electron chi connectivity index (χ1n) is 5.95. The lowest BCUT2D eigenvalue weighted by Crippen LogP contribution is -1.99. The molecule has 2 aromatic rings. The minimum absolute atomic E-state index is 0.204. The van der Waals surface area contributed by atoms with Crippen molar-refractivity contribution in [3.8, 4) is 5.75 Å². The van der Waals surface area contributed by atoms with E-state index in [-0.39, 0.29) is 5.57 Å². The zero-order valence-electron chi connectivity index (χ0n) is 10.8. The fourth-order valence-corrected chi connectivity index (χ4v) is 1.92. The van der Waals surface area contributed by atoms with Crippen molar-refractivity contribution in [2.24, 2.45) is 0 Å². The molecule has 20 heavy (non-hydrogen) atoms. The maximum Gasteiger partial charge on any atom is 0.336 e. The van der Waals surface area contributed by atoms with Crippen LogP contribution in [0.15, 0.2) is 48.5 Å². The van der Waals surface area contributed by atoms with E-state index >= 15 is 0 Å². The predicted molar refractivity (Wildman–Crippen MR) is 80.0 cm³/mol. The van der Waals surface area contributed by atoms with E-state index in [9.17, 15) is 9.90 Å². The maximum absolute atomic E-state index is 11.4. The summed E-state index contributed by atoms with van der Waals surface area (Å²) < 4.78 is 5.12. The van der Waals surface area contributed by atoms with E-state index in [2.05, 4.69) is 0 Å². The van der Waals surface area contributed by atoms with Crippen molar-refractivity contribution in [2.45, 2.75) is 0 Å². The average molecular weight is 289 g/mol. The number of rotatable bonds is 4. The molecule has 0 spiro atoms. The van der Waals surface area contributed by atoms with Gasteiger partial charge in [0.1, 0.15) is 5.75 Å². The topological polar surface area (TPSA) is 46.5 Å². The first-order valence-corrected chi connectivity index (χ1v) is 6.33. The van der Waals surface area contributed by atoms with Gasteiger partial charge in [-0.1, -0.05) is 35.9 Å². The third kappa shape index (κ3) is 3.39. The van der Waals surface area contributed by atoms with Gasteiger partial charge in [0.2, 0.25) is 0 Å². The number of benzene rings is 2. The molecule has 102 valence electrons. The van der Waals surface area contributed by atoms with Crippen LogP contribution in [-0.2, 0) is 4.79 Å². The van der Waals surface area contributed by atoms with Gasteiger partial charge >= 0.3 is 5.97 Å². The first kappa shape index (κ1) is 14.2. The summed E-state index contributed by atoms with van der Waals surface area (Å²) in [6.45, 7) is 0. The Balaban J connectivity index is 2.44. The molecule has 0 amide bonds. The van der Waals surface area contributed by atoms with Gasteiger partial charge in [0, 0.05) is 5.02 Å². The fourth-order valence-electron chi connectivity index (χ4n) is 1.80. The van der Waals surface area contributed by atoms with Gasteiger partial charge in [-0.05, 0) is 41.5 Å². The smallest absolute Gasteiger partial charge is 0.336 e.